The van der Waals surface area contributed by atoms with E-state index in [0.717, 1.165) is 51.2 Å². The standard InChI is InChI=1S/C23H26N4O2.C2H6/c1-12-19(28-3)9-20(29-4)13(2)21(12)14-5-6-17-15(7-14)10-25-23(26-17)27-22-16-8-18(22)24-11-16;1-2/h5-7,9-10,16,18,22,24H,8,11H2,1-4H3,(H,25,26,27);1-2H3/t16?,18-,22+;/m0./s1. The maximum Gasteiger partial charge on any atom is 0.223 e. The number of hydrogen-bond acceptors (Lipinski definition) is 6. The van der Waals surface area contributed by atoms with Crippen LogP contribution in [0.15, 0.2) is 30.5 Å². The van der Waals surface area contributed by atoms with Gasteiger partial charge in [-0.2, -0.15) is 0 Å². The van der Waals surface area contributed by atoms with Crippen LogP contribution in [-0.2, 0) is 0 Å². The summed E-state index contributed by atoms with van der Waals surface area (Å²) in [6.45, 7) is 9.26. The van der Waals surface area contributed by atoms with Crippen LogP contribution in [0.2, 0.25) is 0 Å². The first-order valence-corrected chi connectivity index (χ1v) is 11.1. The summed E-state index contributed by atoms with van der Waals surface area (Å²) in [7, 11) is 3.38. The van der Waals surface area contributed by atoms with E-state index in [1.165, 1.54) is 6.42 Å². The molecule has 1 aliphatic carbocycles. The van der Waals surface area contributed by atoms with Crippen LogP contribution in [0.3, 0.4) is 0 Å². The van der Waals surface area contributed by atoms with Gasteiger partial charge < -0.3 is 20.1 Å². The SMILES string of the molecule is CC.COc1cc(OC)c(C)c(-c2ccc3nc(N[C@@H]4C5CN[C@H]4C5)ncc3c2)c1C. The number of ether oxygens (including phenoxy) is 2. The van der Waals surface area contributed by atoms with Crippen LogP contribution in [0.1, 0.15) is 31.4 Å². The summed E-state index contributed by atoms with van der Waals surface area (Å²) in [6.07, 6.45) is 3.17. The molecule has 1 aromatic heterocycles. The molecule has 2 N–H and O–H groups in total. The summed E-state index contributed by atoms with van der Waals surface area (Å²) < 4.78 is 11.1. The summed E-state index contributed by atoms with van der Waals surface area (Å²) in [6, 6.07) is 9.29. The number of nitrogens with one attached hydrogen (secondary N) is 2. The molecule has 2 bridgehead atoms. The topological polar surface area (TPSA) is 68.3 Å². The minimum absolute atomic E-state index is 0.460. The van der Waals surface area contributed by atoms with Gasteiger partial charge in [0.15, 0.2) is 0 Å². The average Bonchev–Trinajstić information content (AvgIpc) is 3.44. The Morgan fingerprint density at radius 2 is 1.74 bits per heavy atom. The maximum absolute atomic E-state index is 5.57. The van der Waals surface area contributed by atoms with Crippen molar-refractivity contribution in [2.75, 3.05) is 26.1 Å². The van der Waals surface area contributed by atoms with E-state index in [2.05, 4.69) is 47.7 Å². The summed E-state index contributed by atoms with van der Waals surface area (Å²) >= 11 is 0. The highest BCUT2D eigenvalue weighted by Crippen LogP contribution is 2.40. The lowest BCUT2D eigenvalue weighted by atomic mass is 9.80. The first kappa shape index (κ1) is 21.4. The first-order chi connectivity index (χ1) is 15.1. The number of anilines is 1. The average molecular weight is 421 g/mol. The second-order valence-electron chi connectivity index (χ2n) is 8.05. The fourth-order valence-electron chi connectivity index (χ4n) is 4.82. The Balaban J connectivity index is 0.00000112. The number of benzene rings is 2. The Hall–Kier alpha value is -2.86. The van der Waals surface area contributed by atoms with Crippen LogP contribution in [0, 0.1) is 19.8 Å². The summed E-state index contributed by atoms with van der Waals surface area (Å²) in [5.41, 5.74) is 5.36. The molecule has 1 unspecified atom stereocenters. The van der Waals surface area contributed by atoms with E-state index in [9.17, 15) is 0 Å². The van der Waals surface area contributed by atoms with E-state index in [1.807, 2.05) is 26.1 Å². The van der Waals surface area contributed by atoms with Gasteiger partial charge in [0.2, 0.25) is 5.95 Å². The number of nitrogens with zero attached hydrogens (tertiary/aromatic N) is 2. The lowest BCUT2D eigenvalue weighted by Gasteiger charge is -2.34. The normalized spacial score (nSPS) is 21.2. The largest absolute Gasteiger partial charge is 0.496 e. The van der Waals surface area contributed by atoms with Crippen LogP contribution < -0.4 is 20.1 Å². The van der Waals surface area contributed by atoms with Crippen molar-refractivity contribution in [1.29, 1.82) is 0 Å². The molecule has 3 fully saturated rings. The fraction of sp³-hybridized carbons (Fsp3) is 0.440. The quantitative estimate of drug-likeness (QED) is 0.622. The zero-order valence-corrected chi connectivity index (χ0v) is 19.2. The number of aromatic nitrogens is 2. The molecule has 1 saturated carbocycles. The van der Waals surface area contributed by atoms with Crippen molar-refractivity contribution in [3.63, 3.8) is 0 Å². The predicted molar refractivity (Wildman–Crippen MR) is 126 cm³/mol. The van der Waals surface area contributed by atoms with E-state index < -0.39 is 0 Å². The fourth-order valence-corrected chi connectivity index (χ4v) is 4.82. The molecule has 3 aliphatic rings. The third-order valence-corrected chi connectivity index (χ3v) is 6.50. The molecule has 2 saturated heterocycles. The van der Waals surface area contributed by atoms with Crippen molar-refractivity contribution in [3.05, 3.63) is 41.6 Å². The predicted octanol–water partition coefficient (Wildman–Crippen LogP) is 4.73. The van der Waals surface area contributed by atoms with E-state index in [1.54, 1.807) is 14.2 Å². The summed E-state index contributed by atoms with van der Waals surface area (Å²) in [4.78, 5) is 9.31. The molecule has 2 aliphatic heterocycles. The van der Waals surface area contributed by atoms with Crippen LogP contribution in [0.25, 0.3) is 22.0 Å². The second-order valence-corrected chi connectivity index (χ2v) is 8.05. The molecule has 3 aromatic rings. The molecule has 6 rings (SSSR count). The van der Waals surface area contributed by atoms with Crippen molar-refractivity contribution in [2.45, 2.75) is 46.2 Å². The number of fused-ring (bicyclic) bond motifs is 2. The van der Waals surface area contributed by atoms with Crippen molar-refractivity contribution >= 4 is 16.9 Å². The smallest absolute Gasteiger partial charge is 0.223 e. The molecule has 3 atom stereocenters. The first-order valence-electron chi connectivity index (χ1n) is 11.1. The third kappa shape index (κ3) is 3.69. The highest BCUT2D eigenvalue weighted by molar-refractivity contribution is 5.87. The van der Waals surface area contributed by atoms with Crippen molar-refractivity contribution in [2.24, 2.45) is 5.92 Å². The lowest BCUT2D eigenvalue weighted by molar-refractivity contribution is 0.325. The van der Waals surface area contributed by atoms with Crippen LogP contribution in [-0.4, -0.2) is 42.8 Å². The molecule has 164 valence electrons. The van der Waals surface area contributed by atoms with Gasteiger partial charge in [-0.1, -0.05) is 19.9 Å². The molecule has 31 heavy (non-hydrogen) atoms. The van der Waals surface area contributed by atoms with Gasteiger partial charge in [0.05, 0.1) is 19.7 Å². The van der Waals surface area contributed by atoms with Crippen LogP contribution in [0.5, 0.6) is 11.5 Å². The molecule has 0 spiro atoms. The van der Waals surface area contributed by atoms with Gasteiger partial charge >= 0.3 is 0 Å². The Morgan fingerprint density at radius 3 is 2.32 bits per heavy atom. The number of methoxy groups -OCH3 is 2. The highest BCUT2D eigenvalue weighted by Gasteiger charge is 2.46. The molecule has 6 heteroatoms. The number of rotatable bonds is 5. The summed E-state index contributed by atoms with van der Waals surface area (Å²) in [5.74, 6) is 3.06. The molecule has 2 aromatic carbocycles. The van der Waals surface area contributed by atoms with Gasteiger partial charge in [-0.3, -0.25) is 0 Å². The molecule has 0 amide bonds. The lowest BCUT2D eigenvalue weighted by Crippen LogP contribution is -2.47. The Morgan fingerprint density at radius 1 is 1.03 bits per heavy atom. The minimum Gasteiger partial charge on any atom is -0.496 e. The van der Waals surface area contributed by atoms with E-state index in [0.29, 0.717) is 23.9 Å². The maximum atomic E-state index is 5.57. The summed E-state index contributed by atoms with van der Waals surface area (Å²) in [5, 5.41) is 8.04. The molecular formula is C25H32N4O2. The Kier molecular flexibility index (Phi) is 6.01. The van der Waals surface area contributed by atoms with Crippen LogP contribution >= 0.6 is 0 Å². The van der Waals surface area contributed by atoms with Crippen LogP contribution in [0.4, 0.5) is 5.95 Å². The van der Waals surface area contributed by atoms with Gasteiger partial charge in [-0.05, 0) is 60.6 Å². The Labute approximate surface area is 184 Å². The zero-order valence-electron chi connectivity index (χ0n) is 19.2. The van der Waals surface area contributed by atoms with Gasteiger partial charge in [-0.25, -0.2) is 9.97 Å². The second kappa shape index (κ2) is 8.71. The molecule has 6 nitrogen and oxygen atoms in total. The monoisotopic (exact) mass is 420 g/mol. The van der Waals surface area contributed by atoms with Gasteiger partial charge in [0.25, 0.3) is 0 Å². The van der Waals surface area contributed by atoms with Crippen molar-refractivity contribution < 1.29 is 9.47 Å². The Bertz CT molecular complexity index is 1060. The van der Waals surface area contributed by atoms with E-state index >= 15 is 0 Å². The van der Waals surface area contributed by atoms with E-state index in [4.69, 9.17) is 14.5 Å². The molecular weight excluding hydrogens is 388 g/mol. The van der Waals surface area contributed by atoms with Gasteiger partial charge in [0, 0.05) is 36.3 Å². The van der Waals surface area contributed by atoms with Crippen molar-refractivity contribution in [3.8, 4) is 22.6 Å². The van der Waals surface area contributed by atoms with Gasteiger partial charge in [0.1, 0.15) is 11.5 Å². The highest BCUT2D eigenvalue weighted by atomic mass is 16.5. The van der Waals surface area contributed by atoms with Crippen molar-refractivity contribution in [1.82, 2.24) is 15.3 Å². The zero-order chi connectivity index (χ0) is 22.1. The minimum atomic E-state index is 0.460. The number of hydrogen-bond donors (Lipinski definition) is 2. The molecule has 3 heterocycles. The third-order valence-electron chi connectivity index (χ3n) is 6.50. The molecule has 0 radical (unpaired) electrons. The van der Waals surface area contributed by atoms with Gasteiger partial charge in [-0.15, -0.1) is 0 Å². The van der Waals surface area contributed by atoms with E-state index in [-0.39, 0.29) is 0 Å².